The van der Waals surface area contributed by atoms with Crippen LogP contribution in [0.15, 0.2) is 18.2 Å². The number of nitrogens with one attached hydrogen (secondary N) is 2. The Hall–Kier alpha value is -2.37. The number of piperidine rings is 1. The average molecular weight is 341 g/mol. The van der Waals surface area contributed by atoms with Gasteiger partial charge in [0.15, 0.2) is 0 Å². The first-order chi connectivity index (χ1) is 12.1. The van der Waals surface area contributed by atoms with Crippen molar-refractivity contribution in [3.8, 4) is 0 Å². The Balaban J connectivity index is 1.35. The lowest BCUT2D eigenvalue weighted by Crippen LogP contribution is -2.47. The van der Waals surface area contributed by atoms with E-state index in [9.17, 15) is 14.4 Å². The average Bonchev–Trinajstić information content (AvgIpc) is 3.46. The molecule has 2 heterocycles. The molecule has 0 bridgehead atoms. The maximum Gasteiger partial charge on any atom is 0.253 e. The molecule has 3 amide bonds. The lowest BCUT2D eigenvalue weighted by Gasteiger charge is -2.32. The molecule has 0 atom stereocenters. The predicted octanol–water partition coefficient (Wildman–Crippen LogP) is 1.70. The molecule has 1 aliphatic carbocycles. The van der Waals surface area contributed by atoms with E-state index in [1.54, 1.807) is 6.07 Å². The van der Waals surface area contributed by atoms with Crippen LogP contribution in [0.3, 0.4) is 0 Å². The predicted molar refractivity (Wildman–Crippen MR) is 93.2 cm³/mol. The standard InChI is InChI=1S/C19H23N3O3/c23-17-6-4-13-11-14(3-5-16(13)21-17)19(25)22-9-7-15(8-10-22)20-18(24)12-1-2-12/h3,5,11-12,15H,1-2,4,6-10H2,(H,20,24)(H,21,23). The molecule has 2 fully saturated rings. The van der Waals surface area contributed by atoms with Gasteiger partial charge in [0.1, 0.15) is 0 Å². The molecule has 1 saturated heterocycles. The minimum atomic E-state index is 0.0295. The SMILES string of the molecule is O=C1CCc2cc(C(=O)N3CCC(NC(=O)C4CC4)CC3)ccc2N1. The molecule has 3 aliphatic rings. The fraction of sp³-hybridized carbons (Fsp3) is 0.526. The Morgan fingerprint density at radius 3 is 2.56 bits per heavy atom. The summed E-state index contributed by atoms with van der Waals surface area (Å²) >= 11 is 0. The van der Waals surface area contributed by atoms with E-state index < -0.39 is 0 Å². The van der Waals surface area contributed by atoms with Crippen molar-refractivity contribution in [3.05, 3.63) is 29.3 Å². The van der Waals surface area contributed by atoms with Crippen molar-refractivity contribution in [2.45, 2.75) is 44.6 Å². The molecule has 6 heteroatoms. The number of hydrogen-bond donors (Lipinski definition) is 2. The first kappa shape index (κ1) is 16.1. The van der Waals surface area contributed by atoms with Crippen molar-refractivity contribution in [1.29, 1.82) is 0 Å². The summed E-state index contributed by atoms with van der Waals surface area (Å²) in [6.45, 7) is 1.34. The maximum absolute atomic E-state index is 12.7. The number of benzene rings is 1. The van der Waals surface area contributed by atoms with Gasteiger partial charge in [0.2, 0.25) is 11.8 Å². The topological polar surface area (TPSA) is 78.5 Å². The summed E-state index contributed by atoms with van der Waals surface area (Å²) in [5.41, 5.74) is 2.52. The Labute approximate surface area is 147 Å². The van der Waals surface area contributed by atoms with E-state index in [2.05, 4.69) is 10.6 Å². The monoisotopic (exact) mass is 341 g/mol. The highest BCUT2D eigenvalue weighted by molar-refractivity contribution is 5.98. The molecule has 1 aromatic carbocycles. The highest BCUT2D eigenvalue weighted by Gasteiger charge is 2.32. The van der Waals surface area contributed by atoms with E-state index >= 15 is 0 Å². The summed E-state index contributed by atoms with van der Waals surface area (Å²) in [5.74, 6) is 0.478. The lowest BCUT2D eigenvalue weighted by molar-refractivity contribution is -0.123. The second-order valence-corrected chi connectivity index (χ2v) is 7.27. The van der Waals surface area contributed by atoms with Gasteiger partial charge in [0.05, 0.1) is 0 Å². The fourth-order valence-electron chi connectivity index (χ4n) is 3.59. The molecule has 6 nitrogen and oxygen atoms in total. The van der Waals surface area contributed by atoms with Gasteiger partial charge in [-0.25, -0.2) is 0 Å². The molecule has 132 valence electrons. The van der Waals surface area contributed by atoms with Gasteiger partial charge in [-0.05, 0) is 55.9 Å². The molecule has 0 spiro atoms. The Morgan fingerprint density at radius 2 is 1.84 bits per heavy atom. The molecule has 0 unspecified atom stereocenters. The van der Waals surface area contributed by atoms with E-state index in [-0.39, 0.29) is 29.7 Å². The third-order valence-electron chi connectivity index (χ3n) is 5.32. The quantitative estimate of drug-likeness (QED) is 0.878. The number of fused-ring (bicyclic) bond motifs is 1. The molecule has 1 saturated carbocycles. The summed E-state index contributed by atoms with van der Waals surface area (Å²) in [5, 5.41) is 5.95. The fourth-order valence-corrected chi connectivity index (χ4v) is 3.59. The van der Waals surface area contributed by atoms with Crippen LogP contribution in [-0.2, 0) is 16.0 Å². The minimum absolute atomic E-state index is 0.0295. The van der Waals surface area contributed by atoms with E-state index in [4.69, 9.17) is 0 Å². The number of nitrogens with zero attached hydrogens (tertiary/aromatic N) is 1. The highest BCUT2D eigenvalue weighted by Crippen LogP contribution is 2.29. The Bertz CT molecular complexity index is 719. The number of carbonyl (C=O) groups excluding carboxylic acids is 3. The van der Waals surface area contributed by atoms with E-state index in [0.717, 1.165) is 36.9 Å². The van der Waals surface area contributed by atoms with Gasteiger partial charge in [-0.3, -0.25) is 14.4 Å². The summed E-state index contributed by atoms with van der Waals surface area (Å²) in [4.78, 5) is 37.9. The van der Waals surface area contributed by atoms with Crippen molar-refractivity contribution < 1.29 is 14.4 Å². The molecular formula is C19H23N3O3. The molecule has 2 N–H and O–H groups in total. The van der Waals surface area contributed by atoms with Crippen molar-refractivity contribution >= 4 is 23.4 Å². The van der Waals surface area contributed by atoms with Crippen LogP contribution in [0.4, 0.5) is 5.69 Å². The summed E-state index contributed by atoms with van der Waals surface area (Å²) in [6.07, 6.45) is 4.80. The zero-order valence-corrected chi connectivity index (χ0v) is 14.2. The molecular weight excluding hydrogens is 318 g/mol. The normalized spacial score (nSPS) is 20.6. The number of anilines is 1. The highest BCUT2D eigenvalue weighted by atomic mass is 16.2. The summed E-state index contributed by atoms with van der Waals surface area (Å²) in [6, 6.07) is 5.70. The molecule has 1 aromatic rings. The first-order valence-electron chi connectivity index (χ1n) is 9.12. The number of likely N-dealkylation sites (tertiary alicyclic amines) is 1. The van der Waals surface area contributed by atoms with Gasteiger partial charge in [-0.2, -0.15) is 0 Å². The number of amides is 3. The number of hydrogen-bond acceptors (Lipinski definition) is 3. The van der Waals surface area contributed by atoms with Crippen LogP contribution in [0.5, 0.6) is 0 Å². The molecule has 2 aliphatic heterocycles. The van der Waals surface area contributed by atoms with Crippen molar-refractivity contribution in [3.63, 3.8) is 0 Å². The number of aryl methyl sites for hydroxylation is 1. The third kappa shape index (κ3) is 3.52. The van der Waals surface area contributed by atoms with Gasteiger partial charge in [-0.15, -0.1) is 0 Å². The number of carbonyl (C=O) groups is 3. The van der Waals surface area contributed by atoms with E-state index in [0.29, 0.717) is 31.5 Å². The third-order valence-corrected chi connectivity index (χ3v) is 5.32. The summed E-state index contributed by atoms with van der Waals surface area (Å²) < 4.78 is 0. The van der Waals surface area contributed by atoms with Crippen molar-refractivity contribution in [2.75, 3.05) is 18.4 Å². The second-order valence-electron chi connectivity index (χ2n) is 7.27. The van der Waals surface area contributed by atoms with Crippen LogP contribution >= 0.6 is 0 Å². The molecule has 4 rings (SSSR count). The largest absolute Gasteiger partial charge is 0.353 e. The van der Waals surface area contributed by atoms with Crippen molar-refractivity contribution in [1.82, 2.24) is 10.2 Å². The van der Waals surface area contributed by atoms with Crippen molar-refractivity contribution in [2.24, 2.45) is 5.92 Å². The van der Waals surface area contributed by atoms with Crippen LogP contribution in [0.1, 0.15) is 48.0 Å². The van der Waals surface area contributed by atoms with E-state index in [1.807, 2.05) is 17.0 Å². The maximum atomic E-state index is 12.7. The zero-order valence-electron chi connectivity index (χ0n) is 14.2. The van der Waals surface area contributed by atoms with Gasteiger partial charge in [0, 0.05) is 42.7 Å². The van der Waals surface area contributed by atoms with Gasteiger partial charge in [0.25, 0.3) is 5.91 Å². The van der Waals surface area contributed by atoms with Crippen LogP contribution in [0.2, 0.25) is 0 Å². The van der Waals surface area contributed by atoms with E-state index in [1.165, 1.54) is 0 Å². The molecule has 25 heavy (non-hydrogen) atoms. The van der Waals surface area contributed by atoms with Crippen LogP contribution < -0.4 is 10.6 Å². The van der Waals surface area contributed by atoms with Gasteiger partial charge in [-0.1, -0.05) is 0 Å². The first-order valence-corrected chi connectivity index (χ1v) is 9.12. The van der Waals surface area contributed by atoms with Crippen LogP contribution in [0, 0.1) is 5.92 Å². The van der Waals surface area contributed by atoms with Gasteiger partial charge >= 0.3 is 0 Å². The van der Waals surface area contributed by atoms with Gasteiger partial charge < -0.3 is 15.5 Å². The molecule has 0 aromatic heterocycles. The Morgan fingerprint density at radius 1 is 1.08 bits per heavy atom. The van der Waals surface area contributed by atoms with Crippen LogP contribution in [-0.4, -0.2) is 41.8 Å². The number of rotatable bonds is 3. The smallest absolute Gasteiger partial charge is 0.253 e. The minimum Gasteiger partial charge on any atom is -0.353 e. The molecule has 0 radical (unpaired) electrons. The van der Waals surface area contributed by atoms with Crippen LogP contribution in [0.25, 0.3) is 0 Å². The summed E-state index contributed by atoms with van der Waals surface area (Å²) in [7, 11) is 0. The second kappa shape index (κ2) is 6.50. The lowest BCUT2D eigenvalue weighted by atomic mass is 9.99. The zero-order chi connectivity index (χ0) is 17.4. The Kier molecular flexibility index (Phi) is 4.19.